The van der Waals surface area contributed by atoms with E-state index in [9.17, 15) is 23.1 Å². The second-order valence-corrected chi connectivity index (χ2v) is 9.28. The van der Waals surface area contributed by atoms with Crippen LogP contribution in [0.1, 0.15) is 44.7 Å². The highest BCUT2D eigenvalue weighted by atomic mass is 19.4. The van der Waals surface area contributed by atoms with E-state index in [1.807, 2.05) is 24.3 Å². The van der Waals surface area contributed by atoms with Crippen LogP contribution >= 0.6 is 0 Å². The molecule has 0 bridgehead atoms. The van der Waals surface area contributed by atoms with E-state index in [0.29, 0.717) is 25.3 Å². The summed E-state index contributed by atoms with van der Waals surface area (Å²) < 4.78 is 40.7. The summed E-state index contributed by atoms with van der Waals surface area (Å²) in [6, 6.07) is 13.3. The third kappa shape index (κ3) is 6.46. The van der Waals surface area contributed by atoms with Crippen molar-refractivity contribution >= 4 is 11.6 Å². The number of piperidine rings is 1. The molecule has 1 heterocycles. The van der Waals surface area contributed by atoms with Crippen LogP contribution in [0.25, 0.3) is 0 Å². The van der Waals surface area contributed by atoms with Gasteiger partial charge in [-0.25, -0.2) is 0 Å². The third-order valence-corrected chi connectivity index (χ3v) is 5.68. The molecule has 0 radical (unpaired) electrons. The Bertz CT molecular complexity index is 911. The topological polar surface area (TPSA) is 61.8 Å². The maximum atomic E-state index is 12.7. The number of amides is 1. The van der Waals surface area contributed by atoms with E-state index in [2.05, 4.69) is 35.7 Å². The molecule has 32 heavy (non-hydrogen) atoms. The van der Waals surface area contributed by atoms with Crippen molar-refractivity contribution in [3.63, 3.8) is 0 Å². The number of nitrogens with zero attached hydrogens (tertiary/aromatic N) is 1. The smallest absolute Gasteiger partial charge is 0.406 e. The minimum atomic E-state index is -4.71. The lowest BCUT2D eigenvalue weighted by Gasteiger charge is -2.37. The molecule has 1 aliphatic rings. The number of hydrogen-bond donors (Lipinski definition) is 2. The van der Waals surface area contributed by atoms with Gasteiger partial charge in [0, 0.05) is 25.3 Å². The number of rotatable bonds is 5. The minimum absolute atomic E-state index is 0.0131. The quantitative estimate of drug-likeness (QED) is 0.684. The van der Waals surface area contributed by atoms with Crippen LogP contribution < -0.4 is 10.1 Å². The summed E-state index contributed by atoms with van der Waals surface area (Å²) in [4.78, 5) is 14.8. The summed E-state index contributed by atoms with van der Waals surface area (Å²) in [5.41, 5.74) is 1.18. The molecule has 0 spiro atoms. The van der Waals surface area contributed by atoms with Crippen molar-refractivity contribution in [2.75, 3.05) is 18.4 Å². The molecule has 174 valence electrons. The second-order valence-electron chi connectivity index (χ2n) is 9.28. The van der Waals surface area contributed by atoms with Gasteiger partial charge in [-0.1, -0.05) is 45.0 Å². The zero-order valence-corrected chi connectivity index (χ0v) is 18.5. The molecule has 0 aliphatic carbocycles. The van der Waals surface area contributed by atoms with Crippen LogP contribution in [0, 0.1) is 0 Å². The fourth-order valence-electron chi connectivity index (χ4n) is 3.66. The molecule has 1 amide bonds. The van der Waals surface area contributed by atoms with Gasteiger partial charge in [-0.05, 0) is 53.6 Å². The lowest BCUT2D eigenvalue weighted by molar-refractivity contribution is -0.274. The Morgan fingerprint density at radius 2 is 1.59 bits per heavy atom. The van der Waals surface area contributed by atoms with Crippen LogP contribution in [0.4, 0.5) is 18.9 Å². The number of carbonyl (C=O) groups excluding carboxylic acids is 1. The SMILES string of the molecule is CC(C)(C)c1ccc(NC(=O)C2(O)CCN(Cc3ccc(OC(F)(F)F)cc3)CC2)cc1. The highest BCUT2D eigenvalue weighted by Crippen LogP contribution is 2.28. The van der Waals surface area contributed by atoms with Crippen LogP contribution in [-0.2, 0) is 16.8 Å². The van der Waals surface area contributed by atoms with Crippen molar-refractivity contribution in [2.45, 2.75) is 57.5 Å². The first-order valence-corrected chi connectivity index (χ1v) is 10.6. The number of anilines is 1. The number of carbonyl (C=O) groups is 1. The molecule has 0 atom stereocenters. The van der Waals surface area contributed by atoms with Gasteiger partial charge in [0.2, 0.25) is 0 Å². The van der Waals surface area contributed by atoms with Crippen molar-refractivity contribution < 1.29 is 27.8 Å². The van der Waals surface area contributed by atoms with E-state index >= 15 is 0 Å². The van der Waals surface area contributed by atoms with Gasteiger partial charge in [0.1, 0.15) is 11.4 Å². The van der Waals surface area contributed by atoms with Gasteiger partial charge in [0.05, 0.1) is 0 Å². The van der Waals surface area contributed by atoms with Crippen LogP contribution in [-0.4, -0.2) is 41.0 Å². The van der Waals surface area contributed by atoms with Crippen molar-refractivity contribution in [3.8, 4) is 5.75 Å². The summed E-state index contributed by atoms with van der Waals surface area (Å²) in [5, 5.41) is 13.7. The predicted octanol–water partition coefficient (Wildman–Crippen LogP) is 4.85. The van der Waals surface area contributed by atoms with Crippen molar-refractivity contribution in [3.05, 3.63) is 59.7 Å². The normalized spacial score (nSPS) is 17.1. The van der Waals surface area contributed by atoms with E-state index < -0.39 is 17.9 Å². The monoisotopic (exact) mass is 450 g/mol. The molecule has 8 heteroatoms. The van der Waals surface area contributed by atoms with Gasteiger partial charge in [-0.3, -0.25) is 9.69 Å². The zero-order valence-electron chi connectivity index (χ0n) is 18.5. The van der Waals surface area contributed by atoms with E-state index in [-0.39, 0.29) is 24.0 Å². The molecule has 0 saturated carbocycles. The maximum Gasteiger partial charge on any atom is 0.573 e. The van der Waals surface area contributed by atoms with Gasteiger partial charge in [-0.2, -0.15) is 0 Å². The van der Waals surface area contributed by atoms with Crippen LogP contribution in [0.5, 0.6) is 5.75 Å². The van der Waals surface area contributed by atoms with Gasteiger partial charge in [0.15, 0.2) is 0 Å². The highest BCUT2D eigenvalue weighted by molar-refractivity contribution is 5.97. The maximum absolute atomic E-state index is 12.7. The standard InChI is InChI=1S/C24H29F3N2O3/c1-22(2,3)18-6-8-19(9-7-18)28-21(30)23(31)12-14-29(15-13-23)16-17-4-10-20(11-5-17)32-24(25,26)27/h4-11,31H,12-16H2,1-3H3,(H,28,30). The molecule has 2 aromatic rings. The number of nitrogens with one attached hydrogen (secondary N) is 1. The first kappa shape index (κ1) is 24.1. The minimum Gasteiger partial charge on any atom is -0.406 e. The van der Waals surface area contributed by atoms with Crippen molar-refractivity contribution in [1.82, 2.24) is 4.90 Å². The van der Waals surface area contributed by atoms with E-state index in [1.54, 1.807) is 12.1 Å². The first-order chi connectivity index (χ1) is 14.8. The largest absolute Gasteiger partial charge is 0.573 e. The molecule has 1 fully saturated rings. The summed E-state index contributed by atoms with van der Waals surface area (Å²) in [5.74, 6) is -0.684. The number of alkyl halides is 3. The Morgan fingerprint density at radius 3 is 2.09 bits per heavy atom. The molecule has 3 rings (SSSR count). The molecule has 5 nitrogen and oxygen atoms in total. The molecule has 0 aromatic heterocycles. The molecular weight excluding hydrogens is 421 g/mol. The molecule has 1 aliphatic heterocycles. The average molecular weight is 451 g/mol. The van der Waals surface area contributed by atoms with Gasteiger partial charge in [0.25, 0.3) is 5.91 Å². The molecule has 2 N–H and O–H groups in total. The van der Waals surface area contributed by atoms with E-state index in [0.717, 1.165) is 11.1 Å². The Labute approximate surface area is 186 Å². The van der Waals surface area contributed by atoms with Crippen LogP contribution in [0.3, 0.4) is 0 Å². The van der Waals surface area contributed by atoms with Gasteiger partial charge in [-0.15, -0.1) is 13.2 Å². The van der Waals surface area contributed by atoms with Crippen LogP contribution in [0.15, 0.2) is 48.5 Å². The Hall–Kier alpha value is -2.58. The molecule has 2 aromatic carbocycles. The number of halogens is 3. The fraction of sp³-hybridized carbons (Fsp3) is 0.458. The fourth-order valence-corrected chi connectivity index (χ4v) is 3.66. The third-order valence-electron chi connectivity index (χ3n) is 5.68. The number of aliphatic hydroxyl groups is 1. The molecule has 0 unspecified atom stereocenters. The number of likely N-dealkylation sites (tertiary alicyclic amines) is 1. The molecular formula is C24H29F3N2O3. The first-order valence-electron chi connectivity index (χ1n) is 10.6. The van der Waals surface area contributed by atoms with Crippen molar-refractivity contribution in [1.29, 1.82) is 0 Å². The van der Waals surface area contributed by atoms with E-state index in [1.165, 1.54) is 12.1 Å². The number of ether oxygens (including phenoxy) is 1. The molecule has 1 saturated heterocycles. The van der Waals surface area contributed by atoms with Gasteiger partial charge < -0.3 is 15.2 Å². The zero-order chi connectivity index (χ0) is 23.6. The predicted molar refractivity (Wildman–Crippen MR) is 116 cm³/mol. The summed E-state index contributed by atoms with van der Waals surface area (Å²) in [6.07, 6.45) is -4.17. The van der Waals surface area contributed by atoms with Crippen LogP contribution in [0.2, 0.25) is 0 Å². The van der Waals surface area contributed by atoms with E-state index in [4.69, 9.17) is 0 Å². The van der Waals surface area contributed by atoms with Crippen molar-refractivity contribution in [2.24, 2.45) is 0 Å². The van der Waals surface area contributed by atoms with Gasteiger partial charge >= 0.3 is 6.36 Å². The Morgan fingerprint density at radius 1 is 1.03 bits per heavy atom. The number of hydrogen-bond acceptors (Lipinski definition) is 4. The Balaban J connectivity index is 1.52. The average Bonchev–Trinajstić information content (AvgIpc) is 2.70. The lowest BCUT2D eigenvalue weighted by atomic mass is 9.87. The summed E-state index contributed by atoms with van der Waals surface area (Å²) >= 11 is 0. The second kappa shape index (κ2) is 9.11. The summed E-state index contributed by atoms with van der Waals surface area (Å²) in [6.45, 7) is 7.84. The highest BCUT2D eigenvalue weighted by Gasteiger charge is 2.39. The summed E-state index contributed by atoms with van der Waals surface area (Å²) in [7, 11) is 0. The Kier molecular flexibility index (Phi) is 6.86. The number of benzene rings is 2. The lowest BCUT2D eigenvalue weighted by Crippen LogP contribution is -2.51.